The molecule has 35 heavy (non-hydrogen) atoms. The summed E-state index contributed by atoms with van der Waals surface area (Å²) in [5.41, 5.74) is 3.66. The second-order valence-corrected chi connectivity index (χ2v) is 9.20. The van der Waals surface area contributed by atoms with Crippen molar-refractivity contribution in [2.24, 2.45) is 5.41 Å². The highest BCUT2D eigenvalue weighted by atomic mass is 16.5. The van der Waals surface area contributed by atoms with Crippen molar-refractivity contribution in [2.75, 3.05) is 19.7 Å². The lowest BCUT2D eigenvalue weighted by atomic mass is 9.90. The van der Waals surface area contributed by atoms with Gasteiger partial charge < -0.3 is 24.6 Å². The molecule has 1 fully saturated rings. The average Bonchev–Trinajstić information content (AvgIpc) is 3.58. The van der Waals surface area contributed by atoms with Crippen LogP contribution in [0.5, 0.6) is 0 Å². The third-order valence-corrected chi connectivity index (χ3v) is 6.81. The molecule has 0 radical (unpaired) electrons. The van der Waals surface area contributed by atoms with Crippen molar-refractivity contribution in [1.29, 1.82) is 0 Å². The number of rotatable bonds is 6. The molecule has 0 spiro atoms. The minimum atomic E-state index is -0.964. The molecule has 5 rings (SSSR count). The van der Waals surface area contributed by atoms with Crippen molar-refractivity contribution >= 4 is 18.0 Å². The number of alkyl carbamates (subject to hydrolysis) is 1. The molecule has 1 aromatic heterocycles. The maximum atomic E-state index is 12.7. The van der Waals surface area contributed by atoms with Crippen LogP contribution in [0.1, 0.15) is 46.6 Å². The lowest BCUT2D eigenvalue weighted by molar-refractivity contribution is -0.147. The summed E-state index contributed by atoms with van der Waals surface area (Å²) in [5, 5.41) is 15.8. The molecule has 2 aliphatic rings. The largest absolute Gasteiger partial charge is 0.481 e. The van der Waals surface area contributed by atoms with Crippen molar-refractivity contribution in [1.82, 2.24) is 15.4 Å². The first-order chi connectivity index (χ1) is 16.9. The molecule has 1 atom stereocenters. The van der Waals surface area contributed by atoms with Crippen LogP contribution in [0.25, 0.3) is 11.1 Å². The SMILES string of the molecule is CC1(C(=O)O)CCN(C(=O)c2cc(CNC(=O)OCC3c4ccccc4-c4ccccc43)on2)C1. The van der Waals surface area contributed by atoms with Gasteiger partial charge in [0, 0.05) is 25.1 Å². The molecular weight excluding hydrogens is 450 g/mol. The molecule has 9 nitrogen and oxygen atoms in total. The number of carboxylic acid groups (broad SMARTS) is 1. The Morgan fingerprint density at radius 1 is 1.14 bits per heavy atom. The van der Waals surface area contributed by atoms with Crippen LogP contribution in [0.15, 0.2) is 59.1 Å². The zero-order valence-corrected chi connectivity index (χ0v) is 19.2. The number of aliphatic carboxylic acids is 1. The van der Waals surface area contributed by atoms with Gasteiger partial charge in [0.1, 0.15) is 6.61 Å². The average molecular weight is 476 g/mol. The molecule has 9 heteroatoms. The third kappa shape index (κ3) is 4.25. The number of carbonyl (C=O) groups is 3. The summed E-state index contributed by atoms with van der Waals surface area (Å²) in [6.45, 7) is 2.26. The zero-order chi connectivity index (χ0) is 24.6. The number of hydrogen-bond acceptors (Lipinski definition) is 6. The first kappa shape index (κ1) is 22.6. The van der Waals surface area contributed by atoms with Crippen LogP contribution < -0.4 is 5.32 Å². The topological polar surface area (TPSA) is 122 Å². The lowest BCUT2D eigenvalue weighted by Crippen LogP contribution is -2.35. The number of amides is 2. The first-order valence-electron chi connectivity index (χ1n) is 11.4. The van der Waals surface area contributed by atoms with Crippen LogP contribution in [0.4, 0.5) is 4.79 Å². The number of aromatic nitrogens is 1. The second-order valence-electron chi connectivity index (χ2n) is 9.20. The number of ether oxygens (including phenoxy) is 1. The predicted molar refractivity (Wildman–Crippen MR) is 125 cm³/mol. The standard InChI is InChI=1S/C26H25N3O6/c1-26(24(31)32)10-11-29(15-26)23(30)22-12-16(35-28-22)13-27-25(33)34-14-21-19-8-4-2-6-17(19)18-7-3-5-9-20(18)21/h2-9,12,21H,10-11,13-15H2,1H3,(H,27,33)(H,31,32). The number of hydrogen-bond donors (Lipinski definition) is 2. The Morgan fingerprint density at radius 3 is 2.43 bits per heavy atom. The molecule has 1 aliphatic carbocycles. The van der Waals surface area contributed by atoms with Gasteiger partial charge in [-0.1, -0.05) is 53.7 Å². The molecule has 0 saturated carbocycles. The summed E-state index contributed by atoms with van der Waals surface area (Å²) in [6, 6.07) is 17.6. The van der Waals surface area contributed by atoms with Gasteiger partial charge in [-0.3, -0.25) is 9.59 Å². The predicted octanol–water partition coefficient (Wildman–Crippen LogP) is 3.65. The Balaban J connectivity index is 1.15. The Hall–Kier alpha value is -4.14. The van der Waals surface area contributed by atoms with Gasteiger partial charge in [0.15, 0.2) is 11.5 Å². The van der Waals surface area contributed by atoms with Gasteiger partial charge in [-0.15, -0.1) is 0 Å². The number of likely N-dealkylation sites (tertiary alicyclic amines) is 1. The number of nitrogens with zero attached hydrogens (tertiary/aromatic N) is 2. The highest BCUT2D eigenvalue weighted by Crippen LogP contribution is 2.44. The highest BCUT2D eigenvalue weighted by molar-refractivity contribution is 5.93. The summed E-state index contributed by atoms with van der Waals surface area (Å²) >= 11 is 0. The van der Waals surface area contributed by atoms with Crippen molar-refractivity contribution < 1.29 is 28.8 Å². The maximum Gasteiger partial charge on any atom is 0.407 e. The number of carbonyl (C=O) groups excluding carboxylic acids is 2. The fourth-order valence-electron chi connectivity index (χ4n) is 4.78. The lowest BCUT2D eigenvalue weighted by Gasteiger charge is -2.19. The molecule has 2 aromatic carbocycles. The van der Waals surface area contributed by atoms with Crippen LogP contribution in [-0.4, -0.2) is 52.8 Å². The van der Waals surface area contributed by atoms with Gasteiger partial charge >= 0.3 is 12.1 Å². The normalized spacial score (nSPS) is 18.7. The molecule has 1 aliphatic heterocycles. The molecular formula is C26H25N3O6. The summed E-state index contributed by atoms with van der Waals surface area (Å²) in [4.78, 5) is 37.9. The van der Waals surface area contributed by atoms with Crippen LogP contribution in [0, 0.1) is 5.41 Å². The highest BCUT2D eigenvalue weighted by Gasteiger charge is 2.42. The monoisotopic (exact) mass is 475 g/mol. The van der Waals surface area contributed by atoms with Gasteiger partial charge in [-0.25, -0.2) is 4.79 Å². The van der Waals surface area contributed by atoms with Crippen LogP contribution >= 0.6 is 0 Å². The van der Waals surface area contributed by atoms with Crippen LogP contribution in [-0.2, 0) is 16.1 Å². The molecule has 2 heterocycles. The second kappa shape index (κ2) is 8.90. The molecule has 3 aromatic rings. The van der Waals surface area contributed by atoms with E-state index >= 15 is 0 Å². The van der Waals surface area contributed by atoms with Gasteiger partial charge in [0.05, 0.1) is 12.0 Å². The van der Waals surface area contributed by atoms with Crippen molar-refractivity contribution in [3.8, 4) is 11.1 Å². The van der Waals surface area contributed by atoms with E-state index in [1.807, 2.05) is 36.4 Å². The Morgan fingerprint density at radius 2 is 1.80 bits per heavy atom. The van der Waals surface area contributed by atoms with E-state index in [0.717, 1.165) is 22.3 Å². The first-order valence-corrected chi connectivity index (χ1v) is 11.4. The quantitative estimate of drug-likeness (QED) is 0.558. The number of fused-ring (bicyclic) bond motifs is 3. The molecule has 2 amide bonds. The van der Waals surface area contributed by atoms with Crippen LogP contribution in [0.3, 0.4) is 0 Å². The van der Waals surface area contributed by atoms with E-state index in [1.54, 1.807) is 6.92 Å². The molecule has 2 N–H and O–H groups in total. The fourth-order valence-corrected chi connectivity index (χ4v) is 4.78. The van der Waals surface area contributed by atoms with Gasteiger partial charge in [-0.2, -0.15) is 0 Å². The summed E-state index contributed by atoms with van der Waals surface area (Å²) < 4.78 is 10.7. The summed E-state index contributed by atoms with van der Waals surface area (Å²) in [6.07, 6.45) is -0.227. The zero-order valence-electron chi connectivity index (χ0n) is 19.2. The molecule has 0 bridgehead atoms. The Labute approximate surface area is 201 Å². The van der Waals surface area contributed by atoms with Crippen molar-refractivity contribution in [3.63, 3.8) is 0 Å². The van der Waals surface area contributed by atoms with E-state index in [0.29, 0.717) is 18.7 Å². The van der Waals surface area contributed by atoms with E-state index < -0.39 is 23.4 Å². The minimum Gasteiger partial charge on any atom is -0.481 e. The van der Waals surface area contributed by atoms with E-state index in [4.69, 9.17) is 9.26 Å². The van der Waals surface area contributed by atoms with Crippen LogP contribution in [0.2, 0.25) is 0 Å². The van der Waals surface area contributed by atoms with Crippen molar-refractivity contribution in [3.05, 3.63) is 77.2 Å². The smallest absolute Gasteiger partial charge is 0.407 e. The van der Waals surface area contributed by atoms with Gasteiger partial charge in [0.2, 0.25) is 0 Å². The minimum absolute atomic E-state index is 0.00377. The number of benzene rings is 2. The number of carboxylic acids is 1. The molecule has 1 unspecified atom stereocenters. The van der Waals surface area contributed by atoms with Crippen molar-refractivity contribution in [2.45, 2.75) is 25.8 Å². The fraction of sp³-hybridized carbons (Fsp3) is 0.308. The molecule has 1 saturated heterocycles. The van der Waals surface area contributed by atoms with Gasteiger partial charge in [-0.05, 0) is 35.6 Å². The van der Waals surface area contributed by atoms with E-state index in [1.165, 1.54) is 11.0 Å². The Bertz CT molecular complexity index is 1260. The third-order valence-electron chi connectivity index (χ3n) is 6.81. The van der Waals surface area contributed by atoms with E-state index in [9.17, 15) is 19.5 Å². The van der Waals surface area contributed by atoms with Gasteiger partial charge in [0.25, 0.3) is 5.91 Å². The van der Waals surface area contributed by atoms with E-state index in [-0.39, 0.29) is 31.3 Å². The summed E-state index contributed by atoms with van der Waals surface area (Å²) in [7, 11) is 0. The van der Waals surface area contributed by atoms with E-state index in [2.05, 4.69) is 22.6 Å². The summed E-state index contributed by atoms with van der Waals surface area (Å²) in [5.74, 6) is -1.08. The maximum absolute atomic E-state index is 12.7. The molecule has 180 valence electrons. The Kier molecular flexibility index (Phi) is 5.76. The number of nitrogens with one attached hydrogen (secondary N) is 1.